The van der Waals surface area contributed by atoms with Crippen molar-refractivity contribution < 1.29 is 9.59 Å². The van der Waals surface area contributed by atoms with Crippen LogP contribution in [0.4, 0.5) is 11.4 Å². The highest BCUT2D eigenvalue weighted by atomic mass is 16.2. The van der Waals surface area contributed by atoms with Crippen molar-refractivity contribution in [1.29, 1.82) is 0 Å². The summed E-state index contributed by atoms with van der Waals surface area (Å²) in [5, 5.41) is 2.90. The number of hydrogen-bond acceptors (Lipinski definition) is 4. The number of likely N-dealkylation sites (N-methyl/N-ethyl adjacent to an activating group) is 1. The van der Waals surface area contributed by atoms with Gasteiger partial charge in [-0.05, 0) is 25.0 Å². The highest BCUT2D eigenvalue weighted by molar-refractivity contribution is 6.01. The Hall–Kier alpha value is -2.24. The number of rotatable bonds is 5. The number of para-hydroxylation sites is 1. The van der Waals surface area contributed by atoms with Crippen LogP contribution >= 0.6 is 0 Å². The molecule has 1 fully saturated rings. The number of benzene rings is 1. The number of carbonyl (C=O) groups is 2. The van der Waals surface area contributed by atoms with E-state index in [0.717, 1.165) is 12.8 Å². The third-order valence-corrected chi connectivity index (χ3v) is 3.08. The number of nitrogens with zero attached hydrogens (tertiary/aromatic N) is 1. The predicted octanol–water partition coefficient (Wildman–Crippen LogP) is 0.0825. The zero-order valence-corrected chi connectivity index (χ0v) is 10.8. The van der Waals surface area contributed by atoms with Crippen molar-refractivity contribution in [2.75, 3.05) is 24.2 Å². The van der Waals surface area contributed by atoms with Gasteiger partial charge in [-0.1, -0.05) is 6.07 Å². The lowest BCUT2D eigenvalue weighted by atomic mass is 10.1. The second kappa shape index (κ2) is 5.17. The minimum atomic E-state index is -0.574. The number of carbonyl (C=O) groups excluding carboxylic acids is 2. The highest BCUT2D eigenvalue weighted by Crippen LogP contribution is 2.25. The van der Waals surface area contributed by atoms with Crippen LogP contribution in [0, 0.1) is 0 Å². The van der Waals surface area contributed by atoms with Gasteiger partial charge in [-0.25, -0.2) is 0 Å². The molecule has 6 heteroatoms. The van der Waals surface area contributed by atoms with Crippen LogP contribution in [-0.2, 0) is 4.79 Å². The second-order valence-corrected chi connectivity index (χ2v) is 4.80. The third kappa shape index (κ3) is 3.15. The minimum Gasteiger partial charge on any atom is -0.396 e. The molecule has 0 aromatic heterocycles. The van der Waals surface area contributed by atoms with Gasteiger partial charge in [-0.2, -0.15) is 0 Å². The molecule has 2 rings (SSSR count). The summed E-state index contributed by atoms with van der Waals surface area (Å²) in [5.41, 5.74) is 12.3. The minimum absolute atomic E-state index is 0.0473. The van der Waals surface area contributed by atoms with E-state index in [4.69, 9.17) is 11.5 Å². The standard InChI is InChI=1S/C13H18N4O2/c1-17(7-11(18)16-8-5-6-8)10-4-2-3-9(12(10)14)13(15)19/h2-4,8H,5-7,14H2,1H3,(H2,15,19)(H,16,18). The monoisotopic (exact) mass is 262 g/mol. The molecule has 102 valence electrons. The molecule has 0 spiro atoms. The molecule has 2 amide bonds. The Morgan fingerprint density at radius 1 is 1.42 bits per heavy atom. The van der Waals surface area contributed by atoms with Crippen LogP contribution in [0.3, 0.4) is 0 Å². The molecular formula is C13H18N4O2. The molecule has 19 heavy (non-hydrogen) atoms. The molecule has 1 aliphatic rings. The zero-order chi connectivity index (χ0) is 14.0. The van der Waals surface area contributed by atoms with Gasteiger partial charge in [-0.15, -0.1) is 0 Å². The summed E-state index contributed by atoms with van der Waals surface area (Å²) in [5.74, 6) is -0.621. The van der Waals surface area contributed by atoms with Crippen LogP contribution in [0.1, 0.15) is 23.2 Å². The van der Waals surface area contributed by atoms with Crippen molar-refractivity contribution in [1.82, 2.24) is 5.32 Å². The van der Waals surface area contributed by atoms with Crippen LogP contribution < -0.4 is 21.7 Å². The fourth-order valence-corrected chi connectivity index (χ4v) is 1.90. The molecule has 0 aliphatic heterocycles. The summed E-state index contributed by atoms with van der Waals surface area (Å²) >= 11 is 0. The molecule has 5 N–H and O–H groups in total. The molecule has 0 saturated heterocycles. The second-order valence-electron chi connectivity index (χ2n) is 4.80. The molecule has 0 atom stereocenters. The Bertz CT molecular complexity index is 511. The Morgan fingerprint density at radius 3 is 2.68 bits per heavy atom. The van der Waals surface area contributed by atoms with E-state index in [2.05, 4.69) is 5.32 Å². The van der Waals surface area contributed by atoms with Crippen LogP contribution in [0.25, 0.3) is 0 Å². The Labute approximate surface area is 111 Å². The molecule has 1 saturated carbocycles. The molecule has 1 aliphatic carbocycles. The van der Waals surface area contributed by atoms with Crippen LogP contribution in [0.2, 0.25) is 0 Å². The van der Waals surface area contributed by atoms with E-state index in [1.54, 1.807) is 30.1 Å². The fraction of sp³-hybridized carbons (Fsp3) is 0.385. The molecule has 0 radical (unpaired) electrons. The van der Waals surface area contributed by atoms with Crippen molar-refractivity contribution >= 4 is 23.2 Å². The number of nitrogen functional groups attached to an aromatic ring is 1. The molecule has 1 aromatic carbocycles. The van der Waals surface area contributed by atoms with Crippen LogP contribution in [0.15, 0.2) is 18.2 Å². The Morgan fingerprint density at radius 2 is 2.11 bits per heavy atom. The number of nitrogens with one attached hydrogen (secondary N) is 1. The largest absolute Gasteiger partial charge is 0.396 e. The van der Waals surface area contributed by atoms with Crippen LogP contribution in [0.5, 0.6) is 0 Å². The normalized spacial score (nSPS) is 13.9. The first-order chi connectivity index (χ1) is 8.99. The number of amides is 2. The van der Waals surface area contributed by atoms with Gasteiger partial charge in [0.15, 0.2) is 0 Å². The molecular weight excluding hydrogens is 244 g/mol. The Balaban J connectivity index is 2.09. The molecule has 6 nitrogen and oxygen atoms in total. The molecule has 0 bridgehead atoms. The number of anilines is 2. The van der Waals surface area contributed by atoms with Gasteiger partial charge in [0.2, 0.25) is 5.91 Å². The van der Waals surface area contributed by atoms with Gasteiger partial charge in [0.1, 0.15) is 0 Å². The van der Waals surface area contributed by atoms with Gasteiger partial charge in [0.25, 0.3) is 5.91 Å². The molecule has 1 aromatic rings. The van der Waals surface area contributed by atoms with E-state index in [1.165, 1.54) is 0 Å². The lowest BCUT2D eigenvalue weighted by Crippen LogP contribution is -2.36. The Kier molecular flexibility index (Phi) is 3.59. The van der Waals surface area contributed by atoms with E-state index in [9.17, 15) is 9.59 Å². The lowest BCUT2D eigenvalue weighted by molar-refractivity contribution is -0.119. The summed E-state index contributed by atoms with van der Waals surface area (Å²) in [6.07, 6.45) is 2.10. The number of nitrogens with two attached hydrogens (primary N) is 2. The maximum Gasteiger partial charge on any atom is 0.250 e. The fourth-order valence-electron chi connectivity index (χ4n) is 1.90. The van der Waals surface area contributed by atoms with E-state index >= 15 is 0 Å². The first kappa shape index (κ1) is 13.2. The summed E-state index contributed by atoms with van der Waals surface area (Å²) in [6, 6.07) is 5.35. The number of hydrogen-bond donors (Lipinski definition) is 3. The lowest BCUT2D eigenvalue weighted by Gasteiger charge is -2.21. The van der Waals surface area contributed by atoms with Crippen molar-refractivity contribution in [2.45, 2.75) is 18.9 Å². The average Bonchev–Trinajstić information content (AvgIpc) is 3.12. The summed E-state index contributed by atoms with van der Waals surface area (Å²) in [6.45, 7) is 0.197. The van der Waals surface area contributed by atoms with Gasteiger partial charge in [0, 0.05) is 13.1 Å². The summed E-state index contributed by atoms with van der Waals surface area (Å²) in [4.78, 5) is 24.6. The third-order valence-electron chi connectivity index (χ3n) is 3.08. The van der Waals surface area contributed by atoms with Crippen molar-refractivity contribution in [2.24, 2.45) is 5.73 Å². The summed E-state index contributed by atoms with van der Waals surface area (Å²) < 4.78 is 0. The van der Waals surface area contributed by atoms with Gasteiger partial charge in [0.05, 0.1) is 23.5 Å². The molecule has 0 heterocycles. The first-order valence-corrected chi connectivity index (χ1v) is 6.18. The SMILES string of the molecule is CN(CC(=O)NC1CC1)c1cccc(C(N)=O)c1N. The van der Waals surface area contributed by atoms with Gasteiger partial charge < -0.3 is 21.7 Å². The topological polar surface area (TPSA) is 101 Å². The van der Waals surface area contributed by atoms with E-state index in [0.29, 0.717) is 17.4 Å². The van der Waals surface area contributed by atoms with Gasteiger partial charge >= 0.3 is 0 Å². The van der Waals surface area contributed by atoms with E-state index in [-0.39, 0.29) is 18.0 Å². The highest BCUT2D eigenvalue weighted by Gasteiger charge is 2.24. The van der Waals surface area contributed by atoms with E-state index in [1.807, 2.05) is 0 Å². The molecule has 0 unspecified atom stereocenters. The maximum absolute atomic E-state index is 11.7. The zero-order valence-electron chi connectivity index (χ0n) is 10.8. The van der Waals surface area contributed by atoms with Crippen LogP contribution in [-0.4, -0.2) is 31.4 Å². The quantitative estimate of drug-likeness (QED) is 0.654. The van der Waals surface area contributed by atoms with Crippen molar-refractivity contribution in [3.05, 3.63) is 23.8 Å². The maximum atomic E-state index is 11.7. The van der Waals surface area contributed by atoms with Gasteiger partial charge in [-0.3, -0.25) is 9.59 Å². The average molecular weight is 262 g/mol. The predicted molar refractivity (Wildman–Crippen MR) is 73.8 cm³/mol. The summed E-state index contributed by atoms with van der Waals surface area (Å²) in [7, 11) is 1.75. The van der Waals surface area contributed by atoms with Crippen molar-refractivity contribution in [3.63, 3.8) is 0 Å². The van der Waals surface area contributed by atoms with Crippen molar-refractivity contribution in [3.8, 4) is 0 Å². The number of primary amides is 1. The van der Waals surface area contributed by atoms with E-state index < -0.39 is 5.91 Å². The smallest absolute Gasteiger partial charge is 0.250 e. The first-order valence-electron chi connectivity index (χ1n) is 6.18.